The summed E-state index contributed by atoms with van der Waals surface area (Å²) in [7, 11) is 0. The maximum Gasteiger partial charge on any atom is 0.252 e. The van der Waals surface area contributed by atoms with Crippen LogP contribution in [0.4, 0.5) is 0 Å². The summed E-state index contributed by atoms with van der Waals surface area (Å²) < 4.78 is 0. The number of hydrogen-bond donors (Lipinski definition) is 0. The van der Waals surface area contributed by atoms with E-state index in [0.717, 1.165) is 28.0 Å². The topological polar surface area (TPSA) is 20.3 Å². The molecule has 2 nitrogen and oxygen atoms in total. The molecule has 0 saturated heterocycles. The zero-order valence-electron chi connectivity index (χ0n) is 14.4. The molecule has 3 aromatic rings. The van der Waals surface area contributed by atoms with Gasteiger partial charge >= 0.3 is 0 Å². The number of benzene rings is 3. The molecule has 1 aliphatic heterocycles. The maximum atomic E-state index is 12.8. The van der Waals surface area contributed by atoms with Crippen LogP contribution in [0.25, 0.3) is 11.6 Å². The summed E-state index contributed by atoms with van der Waals surface area (Å²) in [6.07, 6.45) is 3.83. The Morgan fingerprint density at radius 2 is 1.31 bits per heavy atom. The summed E-state index contributed by atoms with van der Waals surface area (Å²) in [5.74, 6) is 0.0230. The third-order valence-corrected chi connectivity index (χ3v) is 4.47. The summed E-state index contributed by atoms with van der Waals surface area (Å²) in [6.45, 7) is 0.561. The van der Waals surface area contributed by atoms with Crippen LogP contribution in [0.5, 0.6) is 0 Å². The Hall–Kier alpha value is -3.39. The number of carbonyl (C=O) groups is 1. The van der Waals surface area contributed by atoms with Gasteiger partial charge in [0.2, 0.25) is 0 Å². The van der Waals surface area contributed by atoms with Crippen molar-refractivity contribution in [3.05, 3.63) is 119 Å². The first-order valence-corrected chi connectivity index (χ1v) is 8.71. The van der Waals surface area contributed by atoms with Crippen LogP contribution in [0, 0.1) is 0 Å². The van der Waals surface area contributed by atoms with E-state index in [2.05, 4.69) is 18.2 Å². The van der Waals surface area contributed by atoms with Gasteiger partial charge in [0.1, 0.15) is 0 Å². The maximum absolute atomic E-state index is 12.8. The highest BCUT2D eigenvalue weighted by molar-refractivity contribution is 6.08. The summed E-state index contributed by atoms with van der Waals surface area (Å²) in [4.78, 5) is 14.6. The molecule has 126 valence electrons. The van der Waals surface area contributed by atoms with Gasteiger partial charge in [-0.1, -0.05) is 91.0 Å². The van der Waals surface area contributed by atoms with Crippen LogP contribution >= 0.6 is 0 Å². The van der Waals surface area contributed by atoms with E-state index in [0.29, 0.717) is 6.54 Å². The lowest BCUT2D eigenvalue weighted by Gasteiger charge is -2.21. The van der Waals surface area contributed by atoms with E-state index in [1.54, 1.807) is 6.08 Å². The molecule has 2 heteroatoms. The van der Waals surface area contributed by atoms with Crippen molar-refractivity contribution in [3.63, 3.8) is 0 Å². The summed E-state index contributed by atoms with van der Waals surface area (Å²) in [5.41, 5.74) is 5.16. The van der Waals surface area contributed by atoms with Gasteiger partial charge in [-0.2, -0.15) is 0 Å². The molecule has 0 bridgehead atoms. The zero-order chi connectivity index (χ0) is 17.8. The Kier molecular flexibility index (Phi) is 4.48. The summed E-state index contributed by atoms with van der Waals surface area (Å²) >= 11 is 0. The van der Waals surface area contributed by atoms with Crippen LogP contribution < -0.4 is 0 Å². The first kappa shape index (κ1) is 16.1. The average Bonchev–Trinajstić information content (AvgIpc) is 3.00. The Morgan fingerprint density at radius 3 is 1.96 bits per heavy atom. The molecule has 0 N–H and O–H groups in total. The van der Waals surface area contributed by atoms with Crippen molar-refractivity contribution in [1.82, 2.24) is 4.90 Å². The number of amides is 1. The van der Waals surface area contributed by atoms with Gasteiger partial charge in [0.15, 0.2) is 0 Å². The normalized spacial score (nSPS) is 15.4. The molecule has 1 aliphatic rings. The largest absolute Gasteiger partial charge is 0.304 e. The Morgan fingerprint density at radius 1 is 0.731 bits per heavy atom. The first-order valence-electron chi connectivity index (χ1n) is 8.71. The van der Waals surface area contributed by atoms with Gasteiger partial charge in [0.25, 0.3) is 5.91 Å². The molecule has 0 unspecified atom stereocenters. The molecule has 0 spiro atoms. The van der Waals surface area contributed by atoms with E-state index in [1.165, 1.54) is 0 Å². The first-order chi connectivity index (χ1) is 12.8. The smallest absolute Gasteiger partial charge is 0.252 e. The van der Waals surface area contributed by atoms with Gasteiger partial charge in [-0.25, -0.2) is 0 Å². The van der Waals surface area contributed by atoms with Crippen molar-refractivity contribution in [3.8, 4) is 0 Å². The van der Waals surface area contributed by atoms with Gasteiger partial charge in [-0.05, 0) is 22.8 Å². The van der Waals surface area contributed by atoms with Crippen LogP contribution in [0.1, 0.15) is 16.7 Å². The lowest BCUT2D eigenvalue weighted by atomic mass is 10.0. The van der Waals surface area contributed by atoms with Crippen LogP contribution in [0.2, 0.25) is 0 Å². The number of hydrogen-bond acceptors (Lipinski definition) is 1. The minimum atomic E-state index is 0.0230. The molecule has 3 aromatic carbocycles. The fourth-order valence-electron chi connectivity index (χ4n) is 3.18. The van der Waals surface area contributed by atoms with Gasteiger partial charge in [-0.15, -0.1) is 0 Å². The quantitative estimate of drug-likeness (QED) is 0.644. The number of nitrogens with zero attached hydrogens (tertiary/aromatic N) is 1. The zero-order valence-corrected chi connectivity index (χ0v) is 14.4. The van der Waals surface area contributed by atoms with Crippen molar-refractivity contribution in [2.45, 2.75) is 6.54 Å². The Bertz CT molecular complexity index is 957. The minimum Gasteiger partial charge on any atom is -0.304 e. The molecule has 0 fully saturated rings. The Labute approximate surface area is 153 Å². The predicted octanol–water partition coefficient (Wildman–Crippen LogP) is 5.15. The van der Waals surface area contributed by atoms with Crippen molar-refractivity contribution >= 4 is 17.6 Å². The van der Waals surface area contributed by atoms with E-state index in [-0.39, 0.29) is 5.91 Å². The SMILES string of the molecule is O=C1C=C(c2ccccc2)/C(=C/c2ccccc2)N1Cc1ccccc1. The van der Waals surface area contributed by atoms with Gasteiger partial charge in [0.05, 0.1) is 12.2 Å². The monoisotopic (exact) mass is 337 g/mol. The molecule has 26 heavy (non-hydrogen) atoms. The second-order valence-corrected chi connectivity index (χ2v) is 6.27. The third-order valence-electron chi connectivity index (χ3n) is 4.47. The molecule has 0 aromatic heterocycles. The Balaban J connectivity index is 1.76. The van der Waals surface area contributed by atoms with Crippen LogP contribution in [-0.4, -0.2) is 10.8 Å². The van der Waals surface area contributed by atoms with Crippen LogP contribution in [-0.2, 0) is 11.3 Å². The van der Waals surface area contributed by atoms with Crippen LogP contribution in [0.3, 0.4) is 0 Å². The molecular formula is C24H19NO. The predicted molar refractivity (Wildman–Crippen MR) is 106 cm³/mol. The highest BCUT2D eigenvalue weighted by atomic mass is 16.2. The molecule has 0 radical (unpaired) electrons. The average molecular weight is 337 g/mol. The minimum absolute atomic E-state index is 0.0230. The van der Waals surface area contributed by atoms with Gasteiger partial charge < -0.3 is 4.90 Å². The molecule has 1 heterocycles. The van der Waals surface area contributed by atoms with Crippen molar-refractivity contribution in [1.29, 1.82) is 0 Å². The molecule has 0 saturated carbocycles. The highest BCUT2D eigenvalue weighted by Crippen LogP contribution is 2.34. The molecule has 1 amide bonds. The second kappa shape index (κ2) is 7.24. The lowest BCUT2D eigenvalue weighted by Crippen LogP contribution is -2.23. The molecule has 0 aliphatic carbocycles. The molecule has 0 atom stereocenters. The van der Waals surface area contributed by atoms with Crippen molar-refractivity contribution < 1.29 is 4.79 Å². The van der Waals surface area contributed by atoms with E-state index >= 15 is 0 Å². The van der Waals surface area contributed by atoms with Gasteiger partial charge in [-0.3, -0.25) is 4.79 Å². The van der Waals surface area contributed by atoms with Crippen LogP contribution in [0.15, 0.2) is 103 Å². The number of allylic oxidation sites excluding steroid dienone is 1. The second-order valence-electron chi connectivity index (χ2n) is 6.27. The summed E-state index contributed by atoms with van der Waals surface area (Å²) in [6, 6.07) is 30.3. The third kappa shape index (κ3) is 3.35. The van der Waals surface area contributed by atoms with E-state index in [1.807, 2.05) is 83.8 Å². The highest BCUT2D eigenvalue weighted by Gasteiger charge is 2.28. The lowest BCUT2D eigenvalue weighted by molar-refractivity contribution is -0.123. The fourth-order valence-corrected chi connectivity index (χ4v) is 3.18. The van der Waals surface area contributed by atoms with Crippen molar-refractivity contribution in [2.75, 3.05) is 0 Å². The molecular weight excluding hydrogens is 318 g/mol. The van der Waals surface area contributed by atoms with E-state index < -0.39 is 0 Å². The number of rotatable bonds is 4. The van der Waals surface area contributed by atoms with Crippen molar-refractivity contribution in [2.24, 2.45) is 0 Å². The summed E-state index contributed by atoms with van der Waals surface area (Å²) in [5, 5.41) is 0. The fraction of sp³-hybridized carbons (Fsp3) is 0.0417. The molecule has 4 rings (SSSR count). The van der Waals surface area contributed by atoms with E-state index in [9.17, 15) is 4.79 Å². The van der Waals surface area contributed by atoms with E-state index in [4.69, 9.17) is 0 Å². The number of carbonyl (C=O) groups excluding carboxylic acids is 1. The van der Waals surface area contributed by atoms with Gasteiger partial charge in [0, 0.05) is 11.6 Å². The standard InChI is InChI=1S/C24H19NO/c26-24-17-22(21-14-8-3-9-15-21)23(16-19-10-4-1-5-11-19)25(24)18-20-12-6-2-7-13-20/h1-17H,18H2/b23-16-.